The van der Waals surface area contributed by atoms with E-state index in [0.29, 0.717) is 30.1 Å². The molecule has 0 saturated carbocycles. The summed E-state index contributed by atoms with van der Waals surface area (Å²) >= 11 is 7.84. The number of nitrogens with zero attached hydrogens (tertiary/aromatic N) is 1. The lowest BCUT2D eigenvalue weighted by atomic mass is 10.1. The molecule has 7 heteroatoms. The van der Waals surface area contributed by atoms with Gasteiger partial charge in [-0.3, -0.25) is 4.39 Å². The monoisotopic (exact) mass is 367 g/mol. The molecule has 0 radical (unpaired) electrons. The molecule has 0 fully saturated rings. The van der Waals surface area contributed by atoms with Gasteiger partial charge in [-0.25, -0.2) is 4.98 Å². The number of rotatable bonds is 7. The SMILES string of the molecule is Cc1c(CC(N)CCF)oc2c(NCc3cccs3)cc(Cl)nc12. The van der Waals surface area contributed by atoms with Gasteiger partial charge < -0.3 is 15.5 Å². The Morgan fingerprint density at radius 2 is 2.33 bits per heavy atom. The fourth-order valence-electron chi connectivity index (χ4n) is 2.59. The van der Waals surface area contributed by atoms with Gasteiger partial charge in [-0.15, -0.1) is 11.3 Å². The van der Waals surface area contributed by atoms with Crippen LogP contribution in [-0.2, 0) is 13.0 Å². The second kappa shape index (κ2) is 7.51. The lowest BCUT2D eigenvalue weighted by Crippen LogP contribution is -2.23. The first-order chi connectivity index (χ1) is 11.6. The van der Waals surface area contributed by atoms with E-state index in [9.17, 15) is 4.39 Å². The number of nitrogens with two attached hydrogens (primary N) is 1. The summed E-state index contributed by atoms with van der Waals surface area (Å²) in [4.78, 5) is 5.59. The van der Waals surface area contributed by atoms with Gasteiger partial charge in [-0.05, 0) is 24.8 Å². The first-order valence-electron chi connectivity index (χ1n) is 7.74. The van der Waals surface area contributed by atoms with Crippen molar-refractivity contribution in [3.63, 3.8) is 0 Å². The van der Waals surface area contributed by atoms with Crippen LogP contribution < -0.4 is 11.1 Å². The average molecular weight is 368 g/mol. The second-order valence-corrected chi connectivity index (χ2v) is 7.11. The van der Waals surface area contributed by atoms with Crippen LogP contribution in [0.15, 0.2) is 28.0 Å². The third-order valence-corrected chi connectivity index (χ3v) is 4.97. The largest absolute Gasteiger partial charge is 0.457 e. The maximum Gasteiger partial charge on any atom is 0.176 e. The highest BCUT2D eigenvalue weighted by Gasteiger charge is 2.18. The van der Waals surface area contributed by atoms with Gasteiger partial charge in [-0.1, -0.05) is 17.7 Å². The normalized spacial score (nSPS) is 12.7. The van der Waals surface area contributed by atoms with Gasteiger partial charge in [0, 0.05) is 35.5 Å². The molecule has 1 atom stereocenters. The van der Waals surface area contributed by atoms with E-state index in [-0.39, 0.29) is 6.04 Å². The van der Waals surface area contributed by atoms with Crippen molar-refractivity contribution in [3.8, 4) is 0 Å². The summed E-state index contributed by atoms with van der Waals surface area (Å²) in [5.74, 6) is 0.736. The van der Waals surface area contributed by atoms with Crippen LogP contribution in [0, 0.1) is 6.92 Å². The smallest absolute Gasteiger partial charge is 0.176 e. The molecule has 128 valence electrons. The maximum atomic E-state index is 12.5. The fourth-order valence-corrected chi connectivity index (χ4v) is 3.43. The van der Waals surface area contributed by atoms with Crippen molar-refractivity contribution >= 4 is 39.7 Å². The summed E-state index contributed by atoms with van der Waals surface area (Å²) in [5.41, 5.74) is 9.02. The predicted octanol–water partition coefficient (Wildman–Crippen LogP) is 4.69. The van der Waals surface area contributed by atoms with Crippen LogP contribution in [0.25, 0.3) is 11.1 Å². The number of thiophene rings is 1. The zero-order valence-corrected chi connectivity index (χ0v) is 14.9. The lowest BCUT2D eigenvalue weighted by Gasteiger charge is -2.07. The minimum atomic E-state index is -0.432. The molecule has 3 heterocycles. The third-order valence-electron chi connectivity index (χ3n) is 3.90. The molecule has 0 amide bonds. The Kier molecular flexibility index (Phi) is 5.38. The number of furan rings is 1. The lowest BCUT2D eigenvalue weighted by molar-refractivity contribution is 0.419. The Bertz CT molecular complexity index is 819. The van der Waals surface area contributed by atoms with E-state index >= 15 is 0 Å². The Hall–Kier alpha value is -1.63. The number of hydrogen-bond donors (Lipinski definition) is 2. The molecular weight excluding hydrogens is 349 g/mol. The summed E-state index contributed by atoms with van der Waals surface area (Å²) in [7, 11) is 0. The first-order valence-corrected chi connectivity index (χ1v) is 9.00. The molecular formula is C17H19ClFN3OS. The maximum absolute atomic E-state index is 12.5. The summed E-state index contributed by atoms with van der Waals surface area (Å²) in [6, 6.07) is 5.56. The van der Waals surface area contributed by atoms with E-state index in [2.05, 4.69) is 16.4 Å². The number of hydrogen-bond acceptors (Lipinski definition) is 5. The number of halogens is 2. The number of aryl methyl sites for hydroxylation is 1. The predicted molar refractivity (Wildman–Crippen MR) is 97.7 cm³/mol. The van der Waals surface area contributed by atoms with Crippen LogP contribution in [0.2, 0.25) is 5.15 Å². The minimum absolute atomic E-state index is 0.271. The highest BCUT2D eigenvalue weighted by atomic mass is 35.5. The van der Waals surface area contributed by atoms with Crippen molar-refractivity contribution < 1.29 is 8.81 Å². The van der Waals surface area contributed by atoms with Crippen LogP contribution in [-0.4, -0.2) is 17.7 Å². The highest BCUT2D eigenvalue weighted by Crippen LogP contribution is 2.32. The number of nitrogens with one attached hydrogen (secondary N) is 1. The Morgan fingerprint density at radius 3 is 3.04 bits per heavy atom. The molecule has 3 rings (SSSR count). The van der Waals surface area contributed by atoms with Crippen LogP contribution >= 0.6 is 22.9 Å². The van der Waals surface area contributed by atoms with Crippen molar-refractivity contribution in [1.82, 2.24) is 4.98 Å². The van der Waals surface area contributed by atoms with Crippen LogP contribution in [0.4, 0.5) is 10.1 Å². The molecule has 1 unspecified atom stereocenters. The van der Waals surface area contributed by atoms with Gasteiger partial charge in [0.25, 0.3) is 0 Å². The van der Waals surface area contributed by atoms with Gasteiger partial charge in [0.2, 0.25) is 0 Å². The van der Waals surface area contributed by atoms with E-state index in [4.69, 9.17) is 21.8 Å². The Morgan fingerprint density at radius 1 is 1.50 bits per heavy atom. The quantitative estimate of drug-likeness (QED) is 0.594. The summed E-state index contributed by atoms with van der Waals surface area (Å²) in [6.07, 6.45) is 0.794. The summed E-state index contributed by atoms with van der Waals surface area (Å²) in [6.45, 7) is 2.18. The first kappa shape index (κ1) is 17.2. The van der Waals surface area contributed by atoms with Crippen molar-refractivity contribution in [1.29, 1.82) is 0 Å². The number of alkyl halides is 1. The number of anilines is 1. The summed E-state index contributed by atoms with van der Waals surface area (Å²) < 4.78 is 18.4. The van der Waals surface area contributed by atoms with Gasteiger partial charge in [0.1, 0.15) is 16.4 Å². The number of aromatic nitrogens is 1. The molecule has 0 aliphatic rings. The minimum Gasteiger partial charge on any atom is -0.457 e. The molecule has 0 saturated heterocycles. The Balaban J connectivity index is 1.91. The zero-order valence-electron chi connectivity index (χ0n) is 13.3. The van der Waals surface area contributed by atoms with E-state index in [1.165, 1.54) is 4.88 Å². The molecule has 24 heavy (non-hydrogen) atoms. The van der Waals surface area contributed by atoms with E-state index in [0.717, 1.165) is 22.5 Å². The average Bonchev–Trinajstić information content (AvgIpc) is 3.15. The molecule has 4 nitrogen and oxygen atoms in total. The van der Waals surface area contributed by atoms with Crippen molar-refractivity contribution in [2.24, 2.45) is 5.73 Å². The van der Waals surface area contributed by atoms with E-state index < -0.39 is 6.67 Å². The van der Waals surface area contributed by atoms with Crippen molar-refractivity contribution in [3.05, 3.63) is 44.9 Å². The van der Waals surface area contributed by atoms with Gasteiger partial charge >= 0.3 is 0 Å². The van der Waals surface area contributed by atoms with Gasteiger partial charge in [0.05, 0.1) is 12.4 Å². The second-order valence-electron chi connectivity index (χ2n) is 5.70. The van der Waals surface area contributed by atoms with Gasteiger partial charge in [-0.2, -0.15) is 0 Å². The van der Waals surface area contributed by atoms with Gasteiger partial charge in [0.15, 0.2) is 5.58 Å². The molecule has 0 aliphatic carbocycles. The summed E-state index contributed by atoms with van der Waals surface area (Å²) in [5, 5.41) is 5.79. The van der Waals surface area contributed by atoms with Crippen molar-refractivity contribution in [2.45, 2.75) is 32.4 Å². The van der Waals surface area contributed by atoms with Crippen LogP contribution in [0.5, 0.6) is 0 Å². The van der Waals surface area contributed by atoms with Crippen molar-refractivity contribution in [2.75, 3.05) is 12.0 Å². The molecule has 0 aromatic carbocycles. The topological polar surface area (TPSA) is 64.1 Å². The number of fused-ring (bicyclic) bond motifs is 1. The Labute approximate surface area is 148 Å². The van der Waals surface area contributed by atoms with E-state index in [1.54, 1.807) is 17.4 Å². The third kappa shape index (κ3) is 3.71. The highest BCUT2D eigenvalue weighted by molar-refractivity contribution is 7.09. The zero-order chi connectivity index (χ0) is 17.1. The fraction of sp³-hybridized carbons (Fsp3) is 0.353. The molecule has 0 spiro atoms. The van der Waals surface area contributed by atoms with E-state index in [1.807, 2.05) is 18.4 Å². The van der Waals surface area contributed by atoms with Crippen LogP contribution in [0.3, 0.4) is 0 Å². The molecule has 0 aliphatic heterocycles. The standard InChI is InChI=1S/C17H19ClFN3OS/c1-10-14(7-11(20)4-5-19)23-17-13(8-15(18)22-16(10)17)21-9-12-3-2-6-24-12/h2-3,6,8,11H,4-5,7,9,20H2,1H3,(H,21,22). The molecule has 0 bridgehead atoms. The number of pyridine rings is 1. The molecule has 3 N–H and O–H groups in total. The molecule has 3 aromatic heterocycles. The van der Waals surface area contributed by atoms with Crippen LogP contribution in [0.1, 0.15) is 22.6 Å². The molecule has 3 aromatic rings.